The first-order valence-electron chi connectivity index (χ1n) is 8.62. The van der Waals surface area contributed by atoms with Crippen LogP contribution >= 0.6 is 0 Å². The number of nitrogens with zero attached hydrogens (tertiary/aromatic N) is 1. The Bertz CT molecular complexity index is 476. The fourth-order valence-corrected chi connectivity index (χ4v) is 3.02. The van der Waals surface area contributed by atoms with Crippen molar-refractivity contribution in [1.29, 1.82) is 0 Å². The predicted molar refractivity (Wildman–Crippen MR) is 92.0 cm³/mol. The number of carbonyl (C=O) groups is 1. The Morgan fingerprint density at radius 2 is 1.87 bits per heavy atom. The smallest absolute Gasteiger partial charge is 0.130 e. The van der Waals surface area contributed by atoms with Crippen LogP contribution in [-0.4, -0.2) is 49.1 Å². The second-order valence-corrected chi connectivity index (χ2v) is 6.56. The minimum atomic E-state index is 0.233. The summed E-state index contributed by atoms with van der Waals surface area (Å²) < 4.78 is 11.6. The SMILES string of the molecule is CC(=O)CCc1ccc(OCCCN2C[C@@H](C)O[C@@H](C)C2)cc1. The number of Topliss-reactive ketones (excluding diaryl/α,β-unsaturated/α-hetero) is 1. The van der Waals surface area contributed by atoms with Gasteiger partial charge < -0.3 is 14.3 Å². The zero-order valence-electron chi connectivity index (χ0n) is 14.6. The lowest BCUT2D eigenvalue weighted by Crippen LogP contribution is -2.45. The summed E-state index contributed by atoms with van der Waals surface area (Å²) in [6, 6.07) is 8.08. The van der Waals surface area contributed by atoms with Gasteiger partial charge in [-0.3, -0.25) is 4.90 Å². The summed E-state index contributed by atoms with van der Waals surface area (Å²) in [6.07, 6.45) is 3.08. The van der Waals surface area contributed by atoms with Gasteiger partial charge in [0.15, 0.2) is 0 Å². The quantitative estimate of drug-likeness (QED) is 0.690. The Labute approximate surface area is 139 Å². The number of ether oxygens (including phenoxy) is 2. The van der Waals surface area contributed by atoms with Gasteiger partial charge in [0.05, 0.1) is 18.8 Å². The molecule has 0 radical (unpaired) electrons. The van der Waals surface area contributed by atoms with E-state index in [0.29, 0.717) is 18.6 Å². The van der Waals surface area contributed by atoms with E-state index in [1.54, 1.807) is 6.92 Å². The van der Waals surface area contributed by atoms with Crippen molar-refractivity contribution in [1.82, 2.24) is 4.90 Å². The van der Waals surface area contributed by atoms with Crippen molar-refractivity contribution in [3.05, 3.63) is 29.8 Å². The molecule has 0 aliphatic carbocycles. The maximum absolute atomic E-state index is 11.0. The third-order valence-electron chi connectivity index (χ3n) is 4.07. The molecule has 0 unspecified atom stereocenters. The molecule has 0 spiro atoms. The van der Waals surface area contributed by atoms with Gasteiger partial charge in [-0.1, -0.05) is 12.1 Å². The van der Waals surface area contributed by atoms with Gasteiger partial charge in [0, 0.05) is 26.1 Å². The van der Waals surface area contributed by atoms with Crippen molar-refractivity contribution in [3.63, 3.8) is 0 Å². The molecule has 1 aromatic rings. The lowest BCUT2D eigenvalue weighted by atomic mass is 10.1. The van der Waals surface area contributed by atoms with Gasteiger partial charge in [-0.25, -0.2) is 0 Å². The summed E-state index contributed by atoms with van der Waals surface area (Å²) in [5.41, 5.74) is 1.18. The molecule has 1 aromatic carbocycles. The van der Waals surface area contributed by atoms with Gasteiger partial charge in [0.2, 0.25) is 0 Å². The molecule has 4 heteroatoms. The van der Waals surface area contributed by atoms with Gasteiger partial charge in [-0.05, 0) is 51.3 Å². The average molecular weight is 319 g/mol. The molecule has 4 nitrogen and oxygen atoms in total. The number of aryl methyl sites for hydroxylation is 1. The summed E-state index contributed by atoms with van der Waals surface area (Å²) in [5.74, 6) is 1.14. The van der Waals surface area contributed by atoms with E-state index in [-0.39, 0.29) is 5.78 Å². The molecule has 1 heterocycles. The number of carbonyl (C=O) groups excluding carboxylic acids is 1. The zero-order valence-corrected chi connectivity index (χ0v) is 14.6. The minimum absolute atomic E-state index is 0.233. The number of benzene rings is 1. The normalized spacial score (nSPS) is 22.0. The predicted octanol–water partition coefficient (Wildman–Crippen LogP) is 3.09. The van der Waals surface area contributed by atoms with Gasteiger partial charge in [0.1, 0.15) is 11.5 Å². The van der Waals surface area contributed by atoms with E-state index in [1.807, 2.05) is 24.3 Å². The first kappa shape index (κ1) is 18.0. The van der Waals surface area contributed by atoms with Gasteiger partial charge in [0.25, 0.3) is 0 Å². The lowest BCUT2D eigenvalue weighted by Gasteiger charge is -2.35. The number of hydrogen-bond donors (Lipinski definition) is 0. The van der Waals surface area contributed by atoms with Crippen molar-refractivity contribution >= 4 is 5.78 Å². The molecule has 1 fully saturated rings. The molecule has 1 aliphatic rings. The second-order valence-electron chi connectivity index (χ2n) is 6.56. The van der Waals surface area contributed by atoms with E-state index >= 15 is 0 Å². The van der Waals surface area contributed by atoms with Crippen LogP contribution in [0.25, 0.3) is 0 Å². The van der Waals surface area contributed by atoms with Crippen LogP contribution in [0.1, 0.15) is 39.2 Å². The van der Waals surface area contributed by atoms with Crippen LogP contribution < -0.4 is 4.74 Å². The minimum Gasteiger partial charge on any atom is -0.494 e. The van der Waals surface area contributed by atoms with E-state index in [4.69, 9.17) is 9.47 Å². The first-order chi connectivity index (χ1) is 11.0. The van der Waals surface area contributed by atoms with Gasteiger partial charge >= 0.3 is 0 Å². The van der Waals surface area contributed by atoms with Crippen LogP contribution in [-0.2, 0) is 16.0 Å². The van der Waals surface area contributed by atoms with Crippen LogP contribution in [0.5, 0.6) is 5.75 Å². The maximum Gasteiger partial charge on any atom is 0.130 e. The van der Waals surface area contributed by atoms with Gasteiger partial charge in [-0.2, -0.15) is 0 Å². The molecular weight excluding hydrogens is 290 g/mol. The van der Waals surface area contributed by atoms with E-state index in [2.05, 4.69) is 18.7 Å². The Kier molecular flexibility index (Phi) is 7.06. The molecule has 0 bridgehead atoms. The number of hydrogen-bond acceptors (Lipinski definition) is 4. The largest absolute Gasteiger partial charge is 0.494 e. The fourth-order valence-electron chi connectivity index (χ4n) is 3.02. The van der Waals surface area contributed by atoms with Crippen LogP contribution in [0.3, 0.4) is 0 Å². The summed E-state index contributed by atoms with van der Waals surface area (Å²) >= 11 is 0. The van der Waals surface area contributed by atoms with Crippen LogP contribution in [0.4, 0.5) is 0 Å². The summed E-state index contributed by atoms with van der Waals surface area (Å²) in [4.78, 5) is 13.4. The van der Waals surface area contributed by atoms with E-state index in [0.717, 1.165) is 44.8 Å². The number of ketones is 1. The Morgan fingerprint density at radius 1 is 1.22 bits per heavy atom. The van der Waals surface area contributed by atoms with Crippen molar-refractivity contribution in [2.24, 2.45) is 0 Å². The van der Waals surface area contributed by atoms with E-state index < -0.39 is 0 Å². The molecule has 2 rings (SSSR count). The highest BCUT2D eigenvalue weighted by molar-refractivity contribution is 5.75. The van der Waals surface area contributed by atoms with E-state index in [1.165, 1.54) is 5.56 Å². The van der Waals surface area contributed by atoms with Crippen molar-refractivity contribution in [2.75, 3.05) is 26.2 Å². The first-order valence-corrected chi connectivity index (χ1v) is 8.62. The van der Waals surface area contributed by atoms with E-state index in [9.17, 15) is 4.79 Å². The number of morpholine rings is 1. The van der Waals surface area contributed by atoms with Crippen molar-refractivity contribution in [3.8, 4) is 5.75 Å². The molecule has 0 N–H and O–H groups in total. The summed E-state index contributed by atoms with van der Waals surface area (Å²) in [6.45, 7) is 9.69. The highest BCUT2D eigenvalue weighted by Crippen LogP contribution is 2.14. The Hall–Kier alpha value is -1.39. The molecule has 0 saturated carbocycles. The molecular formula is C19H29NO3. The fraction of sp³-hybridized carbons (Fsp3) is 0.632. The van der Waals surface area contributed by atoms with Crippen molar-refractivity contribution < 1.29 is 14.3 Å². The molecule has 23 heavy (non-hydrogen) atoms. The molecule has 0 amide bonds. The molecule has 2 atom stereocenters. The topological polar surface area (TPSA) is 38.8 Å². The summed E-state index contributed by atoms with van der Waals surface area (Å²) in [7, 11) is 0. The molecule has 1 aliphatic heterocycles. The molecule has 0 aromatic heterocycles. The third kappa shape index (κ3) is 6.71. The summed E-state index contributed by atoms with van der Waals surface area (Å²) in [5, 5.41) is 0. The van der Waals surface area contributed by atoms with Crippen LogP contribution in [0, 0.1) is 0 Å². The molecule has 128 valence electrons. The highest BCUT2D eigenvalue weighted by Gasteiger charge is 2.21. The van der Waals surface area contributed by atoms with Gasteiger partial charge in [-0.15, -0.1) is 0 Å². The van der Waals surface area contributed by atoms with Crippen LogP contribution in [0.2, 0.25) is 0 Å². The van der Waals surface area contributed by atoms with Crippen molar-refractivity contribution in [2.45, 2.75) is 52.2 Å². The third-order valence-corrected chi connectivity index (χ3v) is 4.07. The zero-order chi connectivity index (χ0) is 16.7. The molecule has 1 saturated heterocycles. The average Bonchev–Trinajstić information content (AvgIpc) is 2.50. The highest BCUT2D eigenvalue weighted by atomic mass is 16.5. The Balaban J connectivity index is 1.65. The Morgan fingerprint density at radius 3 is 2.48 bits per heavy atom. The monoisotopic (exact) mass is 319 g/mol. The second kappa shape index (κ2) is 9.04. The standard InChI is InChI=1S/C19H29NO3/c1-15(21)5-6-18-7-9-19(10-8-18)22-12-4-11-20-13-16(2)23-17(3)14-20/h7-10,16-17H,4-6,11-14H2,1-3H3/t16-,17+. The number of rotatable bonds is 8. The lowest BCUT2D eigenvalue weighted by molar-refractivity contribution is -0.116. The van der Waals surface area contributed by atoms with Crippen LogP contribution in [0.15, 0.2) is 24.3 Å². The maximum atomic E-state index is 11.0.